The van der Waals surface area contributed by atoms with Crippen molar-refractivity contribution in [2.75, 3.05) is 5.32 Å². The zero-order valence-electron chi connectivity index (χ0n) is 12.9. The van der Waals surface area contributed by atoms with Gasteiger partial charge in [-0.15, -0.1) is 11.8 Å². The number of carbonyl (C=O) groups excluding carboxylic acids is 1. The number of rotatable bonds is 6. The fourth-order valence-electron chi connectivity index (χ4n) is 1.91. The number of nitrogens with zero attached hydrogens (tertiary/aromatic N) is 1. The molecule has 3 nitrogen and oxygen atoms in total. The normalized spacial score (nSPS) is 11.3. The van der Waals surface area contributed by atoms with Gasteiger partial charge in [0.05, 0.1) is 0 Å². The largest absolute Gasteiger partial charge is 0.322 e. The van der Waals surface area contributed by atoms with Gasteiger partial charge in [-0.05, 0) is 49.2 Å². The van der Waals surface area contributed by atoms with Crippen LogP contribution in [0.2, 0.25) is 0 Å². The van der Waals surface area contributed by atoms with E-state index in [9.17, 15) is 4.79 Å². The first-order valence-corrected chi connectivity index (χ1v) is 8.27. The van der Waals surface area contributed by atoms with Crippen LogP contribution < -0.4 is 5.32 Å². The molecule has 1 N–H and O–H groups in total. The van der Waals surface area contributed by atoms with Crippen molar-refractivity contribution in [2.24, 2.45) is 0 Å². The summed E-state index contributed by atoms with van der Waals surface area (Å²) in [5.74, 6) is 0.843. The van der Waals surface area contributed by atoms with Crippen LogP contribution in [-0.4, -0.2) is 10.9 Å². The van der Waals surface area contributed by atoms with Crippen LogP contribution in [0.5, 0.6) is 0 Å². The van der Waals surface area contributed by atoms with E-state index in [2.05, 4.69) is 16.4 Å². The van der Waals surface area contributed by atoms with Crippen molar-refractivity contribution in [2.45, 2.75) is 30.9 Å². The number of nitrogens with one attached hydrogen (secondary N) is 1. The molecule has 1 aromatic carbocycles. The number of benzene rings is 1. The molecule has 0 radical (unpaired) electrons. The smallest absolute Gasteiger partial charge is 0.250 e. The molecular weight excluding hydrogens is 292 g/mol. The first-order chi connectivity index (χ1) is 10.7. The van der Waals surface area contributed by atoms with Crippen LogP contribution in [0.15, 0.2) is 65.3 Å². The molecule has 1 amide bonds. The Morgan fingerprint density at radius 2 is 2.05 bits per heavy atom. The van der Waals surface area contributed by atoms with Gasteiger partial charge >= 0.3 is 0 Å². The highest BCUT2D eigenvalue weighted by atomic mass is 32.2. The van der Waals surface area contributed by atoms with Gasteiger partial charge in [0.25, 0.3) is 5.91 Å². The van der Waals surface area contributed by atoms with Gasteiger partial charge in [0.2, 0.25) is 0 Å². The summed E-state index contributed by atoms with van der Waals surface area (Å²) in [6.45, 7) is 3.85. The zero-order chi connectivity index (χ0) is 15.8. The number of amides is 1. The molecule has 2 rings (SSSR count). The second kappa shape index (κ2) is 8.39. The van der Waals surface area contributed by atoms with Crippen molar-refractivity contribution in [1.82, 2.24) is 4.98 Å². The molecule has 0 spiro atoms. The Morgan fingerprint density at radius 3 is 2.68 bits per heavy atom. The highest BCUT2D eigenvalue weighted by molar-refractivity contribution is 7.98. The van der Waals surface area contributed by atoms with E-state index in [1.807, 2.05) is 56.5 Å². The van der Waals surface area contributed by atoms with E-state index >= 15 is 0 Å². The van der Waals surface area contributed by atoms with Crippen LogP contribution >= 0.6 is 11.8 Å². The number of allylic oxidation sites excluding steroid dienone is 1. The number of pyridine rings is 1. The molecule has 0 aliphatic carbocycles. The lowest BCUT2D eigenvalue weighted by atomic mass is 10.2. The van der Waals surface area contributed by atoms with E-state index < -0.39 is 0 Å². The van der Waals surface area contributed by atoms with E-state index in [1.165, 1.54) is 10.5 Å². The van der Waals surface area contributed by atoms with Crippen molar-refractivity contribution in [3.63, 3.8) is 0 Å². The Kier molecular flexibility index (Phi) is 6.22. The standard InChI is InChI=1S/C18H20N2OS/c1-3-5-14(2)18(21)20-16-7-9-17(10-8-16)22-13-15-6-4-11-19-12-15/h4-12H,3,13H2,1-2H3,(H,20,21). The molecule has 1 heterocycles. The van der Waals surface area contributed by atoms with Gasteiger partial charge in [-0.25, -0.2) is 0 Å². The van der Waals surface area contributed by atoms with Gasteiger partial charge in [0.1, 0.15) is 0 Å². The molecule has 0 bridgehead atoms. The van der Waals surface area contributed by atoms with Crippen LogP contribution in [-0.2, 0) is 10.5 Å². The number of anilines is 1. The predicted octanol–water partition coefficient (Wildman–Crippen LogP) is 4.67. The quantitative estimate of drug-likeness (QED) is 0.622. The summed E-state index contributed by atoms with van der Waals surface area (Å²) in [5.41, 5.74) is 2.77. The number of hydrogen-bond acceptors (Lipinski definition) is 3. The van der Waals surface area contributed by atoms with Gasteiger partial charge in [-0.3, -0.25) is 9.78 Å². The predicted molar refractivity (Wildman–Crippen MR) is 92.9 cm³/mol. The van der Waals surface area contributed by atoms with Crippen molar-refractivity contribution in [3.8, 4) is 0 Å². The van der Waals surface area contributed by atoms with Gasteiger partial charge in [0.15, 0.2) is 0 Å². The molecule has 1 aromatic heterocycles. The first kappa shape index (κ1) is 16.3. The summed E-state index contributed by atoms with van der Waals surface area (Å²) in [6, 6.07) is 11.9. The van der Waals surface area contributed by atoms with Crippen molar-refractivity contribution < 1.29 is 4.79 Å². The minimum absolute atomic E-state index is 0.0439. The SMILES string of the molecule is CCC=C(C)C(=O)Nc1ccc(SCc2cccnc2)cc1. The van der Waals surface area contributed by atoms with Crippen LogP contribution in [0, 0.1) is 0 Å². The molecule has 0 saturated carbocycles. The van der Waals surface area contributed by atoms with Gasteiger partial charge < -0.3 is 5.32 Å². The molecule has 4 heteroatoms. The summed E-state index contributed by atoms with van der Waals surface area (Å²) in [4.78, 5) is 17.2. The van der Waals surface area contributed by atoms with E-state index in [-0.39, 0.29) is 5.91 Å². The highest BCUT2D eigenvalue weighted by Crippen LogP contribution is 2.24. The number of aromatic nitrogens is 1. The maximum atomic E-state index is 11.9. The third-order valence-electron chi connectivity index (χ3n) is 3.11. The summed E-state index contributed by atoms with van der Waals surface area (Å²) < 4.78 is 0. The van der Waals surface area contributed by atoms with E-state index in [0.29, 0.717) is 0 Å². The van der Waals surface area contributed by atoms with E-state index in [4.69, 9.17) is 0 Å². The van der Waals surface area contributed by atoms with E-state index in [0.717, 1.165) is 23.4 Å². The number of hydrogen-bond donors (Lipinski definition) is 1. The van der Waals surface area contributed by atoms with Gasteiger partial charge in [-0.1, -0.05) is 19.1 Å². The Balaban J connectivity index is 1.90. The number of thioether (sulfide) groups is 1. The Hall–Kier alpha value is -2.07. The maximum Gasteiger partial charge on any atom is 0.250 e. The minimum atomic E-state index is -0.0439. The lowest BCUT2D eigenvalue weighted by Crippen LogP contribution is -2.12. The average molecular weight is 312 g/mol. The fourth-order valence-corrected chi connectivity index (χ4v) is 2.75. The molecule has 0 aliphatic heterocycles. The molecule has 0 unspecified atom stereocenters. The molecule has 0 fully saturated rings. The molecular formula is C18H20N2OS. The highest BCUT2D eigenvalue weighted by Gasteiger charge is 2.04. The minimum Gasteiger partial charge on any atom is -0.322 e. The monoisotopic (exact) mass is 312 g/mol. The number of carbonyl (C=O) groups is 1. The van der Waals surface area contributed by atoms with Crippen molar-refractivity contribution in [1.29, 1.82) is 0 Å². The lowest BCUT2D eigenvalue weighted by molar-refractivity contribution is -0.112. The maximum absolute atomic E-state index is 11.9. The molecule has 22 heavy (non-hydrogen) atoms. The van der Waals surface area contributed by atoms with Crippen LogP contribution in [0.1, 0.15) is 25.8 Å². The van der Waals surface area contributed by atoms with Crippen molar-refractivity contribution in [3.05, 3.63) is 66.0 Å². The Bertz CT molecular complexity index is 636. The summed E-state index contributed by atoms with van der Waals surface area (Å²) in [6.07, 6.45) is 6.45. The molecule has 0 aliphatic rings. The third kappa shape index (κ3) is 5.04. The molecule has 2 aromatic rings. The zero-order valence-corrected chi connectivity index (χ0v) is 13.7. The fraction of sp³-hybridized carbons (Fsp3) is 0.222. The van der Waals surface area contributed by atoms with Crippen LogP contribution in [0.4, 0.5) is 5.69 Å². The summed E-state index contributed by atoms with van der Waals surface area (Å²) in [5, 5.41) is 2.90. The molecule has 0 atom stereocenters. The Morgan fingerprint density at radius 1 is 1.27 bits per heavy atom. The topological polar surface area (TPSA) is 42.0 Å². The summed E-state index contributed by atoms with van der Waals surface area (Å²) in [7, 11) is 0. The van der Waals surface area contributed by atoms with Gasteiger partial charge in [0, 0.05) is 34.3 Å². The van der Waals surface area contributed by atoms with Gasteiger partial charge in [-0.2, -0.15) is 0 Å². The molecule has 114 valence electrons. The third-order valence-corrected chi connectivity index (χ3v) is 4.19. The Labute approximate surface area is 135 Å². The first-order valence-electron chi connectivity index (χ1n) is 7.29. The van der Waals surface area contributed by atoms with Crippen molar-refractivity contribution >= 4 is 23.4 Å². The lowest BCUT2D eigenvalue weighted by Gasteiger charge is -2.07. The summed E-state index contributed by atoms with van der Waals surface area (Å²) >= 11 is 1.75. The van der Waals surface area contributed by atoms with E-state index in [1.54, 1.807) is 18.0 Å². The van der Waals surface area contributed by atoms with Crippen LogP contribution in [0.3, 0.4) is 0 Å². The van der Waals surface area contributed by atoms with Crippen LogP contribution in [0.25, 0.3) is 0 Å². The molecule has 0 saturated heterocycles. The average Bonchev–Trinajstić information content (AvgIpc) is 2.55. The second-order valence-electron chi connectivity index (χ2n) is 4.92. The second-order valence-corrected chi connectivity index (χ2v) is 5.97.